The van der Waals surface area contributed by atoms with Crippen molar-refractivity contribution < 1.29 is 14.7 Å². The van der Waals surface area contributed by atoms with Crippen molar-refractivity contribution in [2.24, 2.45) is 5.92 Å². The van der Waals surface area contributed by atoms with Crippen molar-refractivity contribution in [3.8, 4) is 0 Å². The minimum atomic E-state index is -0.950. The Morgan fingerprint density at radius 1 is 1.38 bits per heavy atom. The molecule has 124 valence electrons. The van der Waals surface area contributed by atoms with E-state index in [-0.39, 0.29) is 11.8 Å². The van der Waals surface area contributed by atoms with Gasteiger partial charge in [-0.3, -0.25) is 9.69 Å². The lowest BCUT2D eigenvalue weighted by Crippen LogP contribution is -2.27. The molecule has 24 heavy (non-hydrogen) atoms. The second kappa shape index (κ2) is 5.67. The Bertz CT molecular complexity index is 851. The molecule has 1 aliphatic heterocycles. The average Bonchev–Trinajstić information content (AvgIpc) is 3.33. The molecule has 3 heterocycles. The van der Waals surface area contributed by atoms with Gasteiger partial charge >= 0.3 is 6.09 Å². The molecule has 0 aromatic carbocycles. The van der Waals surface area contributed by atoms with Crippen LogP contribution in [0.15, 0.2) is 24.5 Å². The Morgan fingerprint density at radius 2 is 2.21 bits per heavy atom. The zero-order chi connectivity index (χ0) is 16.7. The Balaban J connectivity index is 1.74. The lowest BCUT2D eigenvalue weighted by molar-refractivity contribution is -0.117. The molecule has 0 saturated heterocycles. The maximum absolute atomic E-state index is 12.0. The van der Waals surface area contributed by atoms with Crippen LogP contribution in [0.3, 0.4) is 0 Å². The first-order valence-electron chi connectivity index (χ1n) is 8.11. The van der Waals surface area contributed by atoms with Gasteiger partial charge in [-0.25, -0.2) is 9.78 Å². The minimum Gasteiger partial charge on any atom is -0.465 e. The number of hydrogen-bond acceptors (Lipinski definition) is 3. The van der Waals surface area contributed by atoms with Crippen molar-refractivity contribution in [2.45, 2.75) is 25.7 Å². The number of carboxylic acid groups (broad SMARTS) is 1. The van der Waals surface area contributed by atoms with Gasteiger partial charge in [0.25, 0.3) is 0 Å². The molecule has 2 aromatic heterocycles. The molecular weight excluding hydrogens is 308 g/mol. The van der Waals surface area contributed by atoms with Crippen LogP contribution < -0.4 is 5.32 Å². The number of aromatic amines is 1. The van der Waals surface area contributed by atoms with Gasteiger partial charge in [0.2, 0.25) is 5.91 Å². The van der Waals surface area contributed by atoms with Crippen molar-refractivity contribution in [3.63, 3.8) is 0 Å². The summed E-state index contributed by atoms with van der Waals surface area (Å²) in [5, 5.41) is 13.0. The lowest BCUT2D eigenvalue weighted by Gasteiger charge is -2.23. The predicted molar refractivity (Wildman–Crippen MR) is 89.4 cm³/mol. The quantitative estimate of drug-likeness (QED) is 0.807. The van der Waals surface area contributed by atoms with Crippen LogP contribution >= 0.6 is 0 Å². The number of rotatable bonds is 3. The van der Waals surface area contributed by atoms with Gasteiger partial charge in [0.15, 0.2) is 0 Å². The highest BCUT2D eigenvalue weighted by Crippen LogP contribution is 2.33. The molecule has 0 atom stereocenters. The number of amides is 2. The molecule has 2 aromatic rings. The monoisotopic (exact) mass is 326 g/mol. The highest BCUT2D eigenvalue weighted by Gasteiger charge is 2.30. The second-order valence-corrected chi connectivity index (χ2v) is 6.29. The summed E-state index contributed by atoms with van der Waals surface area (Å²) in [5.41, 5.74) is 2.54. The van der Waals surface area contributed by atoms with Crippen molar-refractivity contribution in [3.05, 3.63) is 30.1 Å². The number of pyridine rings is 1. The summed E-state index contributed by atoms with van der Waals surface area (Å²) < 4.78 is 0. The number of anilines is 1. The second-order valence-electron chi connectivity index (χ2n) is 6.29. The molecule has 4 rings (SSSR count). The van der Waals surface area contributed by atoms with Gasteiger partial charge in [-0.15, -0.1) is 0 Å². The van der Waals surface area contributed by atoms with Crippen molar-refractivity contribution >= 4 is 34.4 Å². The van der Waals surface area contributed by atoms with E-state index < -0.39 is 6.09 Å². The number of carbonyl (C=O) groups excluding carboxylic acids is 1. The topological polar surface area (TPSA) is 98.3 Å². The number of nitrogens with zero attached hydrogens (tertiary/aromatic N) is 2. The molecule has 0 unspecified atom stereocenters. The van der Waals surface area contributed by atoms with Crippen molar-refractivity contribution in [1.29, 1.82) is 0 Å². The first kappa shape index (κ1) is 14.7. The molecular formula is C17H18N4O3. The molecule has 3 N–H and O–H groups in total. The summed E-state index contributed by atoms with van der Waals surface area (Å²) in [5.74, 6) is 0.611. The maximum Gasteiger partial charge on any atom is 0.411 e. The summed E-state index contributed by atoms with van der Waals surface area (Å²) >= 11 is 0. The minimum absolute atomic E-state index is 0.00384. The van der Waals surface area contributed by atoms with Crippen LogP contribution in [0.5, 0.6) is 0 Å². The van der Waals surface area contributed by atoms with Crippen LogP contribution in [0.4, 0.5) is 10.6 Å². The van der Waals surface area contributed by atoms with E-state index in [0.29, 0.717) is 18.0 Å². The fraction of sp³-hybridized carbons (Fsp3) is 0.353. The molecule has 1 fully saturated rings. The largest absolute Gasteiger partial charge is 0.465 e. The van der Waals surface area contributed by atoms with Gasteiger partial charge in [-0.1, -0.05) is 0 Å². The van der Waals surface area contributed by atoms with Gasteiger partial charge in [-0.05, 0) is 49.0 Å². The smallest absolute Gasteiger partial charge is 0.411 e. The van der Waals surface area contributed by atoms with E-state index in [2.05, 4.69) is 15.3 Å². The number of carbonyl (C=O) groups is 2. The molecule has 0 radical (unpaired) electrons. The summed E-state index contributed by atoms with van der Waals surface area (Å²) in [6.45, 7) is 0.505. The standard InChI is InChI=1S/C17H18N4O3/c22-16(10-3-4-10)20-14-8-13(12-5-6-18-15(12)19-14)11-2-1-7-21(9-11)17(23)24/h5-6,8-10H,1-4,7H2,(H,23,24)(H2,18,19,20,22). The fourth-order valence-electron chi connectivity index (χ4n) is 3.05. The summed E-state index contributed by atoms with van der Waals surface area (Å²) in [6, 6.07) is 3.76. The van der Waals surface area contributed by atoms with Crippen molar-refractivity contribution in [1.82, 2.24) is 14.9 Å². The fourth-order valence-corrected chi connectivity index (χ4v) is 3.05. The molecule has 1 aliphatic carbocycles. The highest BCUT2D eigenvalue weighted by atomic mass is 16.4. The van der Waals surface area contributed by atoms with E-state index in [9.17, 15) is 14.7 Å². The van der Waals surface area contributed by atoms with Crippen LogP contribution in [-0.2, 0) is 4.79 Å². The van der Waals surface area contributed by atoms with Gasteiger partial charge in [-0.2, -0.15) is 0 Å². The number of allylic oxidation sites excluding steroid dienone is 1. The molecule has 0 spiro atoms. The predicted octanol–water partition coefficient (Wildman–Crippen LogP) is 3.03. The summed E-state index contributed by atoms with van der Waals surface area (Å²) in [6.07, 6.45) is 5.96. The zero-order valence-corrected chi connectivity index (χ0v) is 13.1. The van der Waals surface area contributed by atoms with Gasteiger partial charge in [0, 0.05) is 30.2 Å². The molecule has 2 aliphatic rings. The molecule has 0 bridgehead atoms. The third-order valence-electron chi connectivity index (χ3n) is 4.48. The maximum atomic E-state index is 12.0. The molecule has 1 saturated carbocycles. The van der Waals surface area contributed by atoms with E-state index in [0.717, 1.165) is 42.2 Å². The number of nitrogens with one attached hydrogen (secondary N) is 2. The van der Waals surface area contributed by atoms with E-state index in [1.165, 1.54) is 4.90 Å². The average molecular weight is 326 g/mol. The van der Waals surface area contributed by atoms with Gasteiger partial charge < -0.3 is 15.4 Å². The van der Waals surface area contributed by atoms with Crippen LogP contribution in [0.1, 0.15) is 31.2 Å². The van der Waals surface area contributed by atoms with Crippen molar-refractivity contribution in [2.75, 3.05) is 11.9 Å². The van der Waals surface area contributed by atoms with E-state index >= 15 is 0 Å². The zero-order valence-electron chi connectivity index (χ0n) is 13.1. The third kappa shape index (κ3) is 2.73. The normalized spacial score (nSPS) is 17.7. The van der Waals surface area contributed by atoms with E-state index in [1.807, 2.05) is 12.1 Å². The molecule has 2 amide bonds. The Hall–Kier alpha value is -2.83. The molecule has 7 nitrogen and oxygen atoms in total. The van der Waals surface area contributed by atoms with E-state index in [1.54, 1.807) is 12.4 Å². The van der Waals surface area contributed by atoms with Gasteiger partial charge in [0.05, 0.1) is 0 Å². The van der Waals surface area contributed by atoms with Crippen LogP contribution in [-0.4, -0.2) is 38.5 Å². The van der Waals surface area contributed by atoms with E-state index in [4.69, 9.17) is 0 Å². The number of hydrogen-bond donors (Lipinski definition) is 3. The number of fused-ring (bicyclic) bond motifs is 1. The Labute approximate surface area is 138 Å². The lowest BCUT2D eigenvalue weighted by atomic mass is 9.97. The van der Waals surface area contributed by atoms with Gasteiger partial charge in [0.1, 0.15) is 11.5 Å². The SMILES string of the molecule is O=C(Nc1cc(C2=CN(C(=O)O)CCC2)c2cc[nH]c2n1)C1CC1. The van der Waals surface area contributed by atoms with Crippen LogP contribution in [0, 0.1) is 5.92 Å². The Kier molecular flexibility index (Phi) is 3.48. The molecule has 7 heteroatoms. The summed E-state index contributed by atoms with van der Waals surface area (Å²) in [7, 11) is 0. The number of H-pyrrole nitrogens is 1. The summed E-state index contributed by atoms with van der Waals surface area (Å²) in [4.78, 5) is 32.1. The van der Waals surface area contributed by atoms with Crippen LogP contribution in [0.2, 0.25) is 0 Å². The Morgan fingerprint density at radius 3 is 2.96 bits per heavy atom. The first-order valence-corrected chi connectivity index (χ1v) is 8.11. The third-order valence-corrected chi connectivity index (χ3v) is 4.48. The highest BCUT2D eigenvalue weighted by molar-refractivity contribution is 5.97. The number of aromatic nitrogens is 2. The van der Waals surface area contributed by atoms with Crippen LogP contribution in [0.25, 0.3) is 16.6 Å². The first-order chi connectivity index (χ1) is 11.6.